The summed E-state index contributed by atoms with van der Waals surface area (Å²) >= 11 is 0. The monoisotopic (exact) mass is 464 g/mol. The zero-order chi connectivity index (χ0) is 23.9. The minimum Gasteiger partial charge on any atom is -0.371 e. The van der Waals surface area contributed by atoms with Crippen molar-refractivity contribution in [1.29, 1.82) is 0 Å². The SMILES string of the molecule is C=C1N[C@@H](O)[C@@](CO[C@H](C)c2cc(C(F)(F)F)cc(C(F)(F)F)c2)(c2ccc(F)cc2)N1. The van der Waals surface area contributed by atoms with Crippen LogP contribution >= 0.6 is 0 Å². The van der Waals surface area contributed by atoms with Crippen molar-refractivity contribution in [2.75, 3.05) is 6.61 Å². The Morgan fingerprint density at radius 3 is 2.00 bits per heavy atom. The van der Waals surface area contributed by atoms with Gasteiger partial charge in [0.05, 0.1) is 29.7 Å². The lowest BCUT2D eigenvalue weighted by atomic mass is 9.89. The second-order valence-electron chi connectivity index (χ2n) is 7.42. The Bertz CT molecular complexity index is 957. The molecule has 1 heterocycles. The lowest BCUT2D eigenvalue weighted by Crippen LogP contribution is -2.50. The molecule has 2 aromatic carbocycles. The van der Waals surface area contributed by atoms with Crippen LogP contribution in [0.1, 0.15) is 35.3 Å². The molecule has 1 fully saturated rings. The number of rotatable bonds is 5. The molecule has 1 aliphatic rings. The Balaban J connectivity index is 1.92. The van der Waals surface area contributed by atoms with E-state index in [1.54, 1.807) is 0 Å². The molecule has 3 atom stereocenters. The molecule has 0 aliphatic carbocycles. The van der Waals surface area contributed by atoms with Crippen molar-refractivity contribution >= 4 is 0 Å². The highest BCUT2D eigenvalue weighted by Crippen LogP contribution is 2.39. The van der Waals surface area contributed by atoms with Crippen molar-refractivity contribution in [3.05, 3.63) is 82.9 Å². The van der Waals surface area contributed by atoms with Gasteiger partial charge in [0, 0.05) is 0 Å². The molecule has 32 heavy (non-hydrogen) atoms. The molecule has 174 valence electrons. The minimum atomic E-state index is -4.99. The fourth-order valence-electron chi connectivity index (χ4n) is 3.40. The van der Waals surface area contributed by atoms with Gasteiger partial charge in [-0.1, -0.05) is 18.7 Å². The van der Waals surface area contributed by atoms with E-state index in [2.05, 4.69) is 17.2 Å². The van der Waals surface area contributed by atoms with Crippen LogP contribution in [0.2, 0.25) is 0 Å². The number of aliphatic hydroxyl groups is 1. The van der Waals surface area contributed by atoms with Gasteiger partial charge in [-0.25, -0.2) is 4.39 Å². The standard InChI is InChI=1S/C21H19F7N2O2/c1-11(13-7-15(20(23,24)25)9-16(8-13)21(26,27)28)32-10-19(18(31)29-12(2)30-19)14-3-5-17(22)6-4-14/h3-9,11,18,29-31H,2,10H2,1H3/t11-,18+,19-/m1/s1. The number of ether oxygens (including phenoxy) is 1. The van der Waals surface area contributed by atoms with E-state index in [-0.39, 0.29) is 24.1 Å². The molecule has 3 rings (SSSR count). The average Bonchev–Trinajstić information content (AvgIpc) is 2.99. The van der Waals surface area contributed by atoms with E-state index < -0.39 is 47.2 Å². The molecule has 0 spiro atoms. The van der Waals surface area contributed by atoms with Gasteiger partial charge in [-0.15, -0.1) is 0 Å². The first-order chi connectivity index (χ1) is 14.7. The second kappa shape index (κ2) is 8.28. The lowest BCUT2D eigenvalue weighted by molar-refractivity contribution is -0.143. The van der Waals surface area contributed by atoms with Gasteiger partial charge in [0.25, 0.3) is 0 Å². The van der Waals surface area contributed by atoms with Crippen LogP contribution in [0.25, 0.3) is 0 Å². The Morgan fingerprint density at radius 1 is 1.03 bits per heavy atom. The molecule has 11 heteroatoms. The van der Waals surface area contributed by atoms with Crippen LogP contribution in [-0.2, 0) is 22.6 Å². The van der Waals surface area contributed by atoms with E-state index >= 15 is 0 Å². The first-order valence-corrected chi connectivity index (χ1v) is 9.31. The summed E-state index contributed by atoms with van der Waals surface area (Å²) in [6, 6.07) is 6.21. The first-order valence-electron chi connectivity index (χ1n) is 9.31. The number of hydrogen-bond donors (Lipinski definition) is 3. The zero-order valence-electron chi connectivity index (χ0n) is 16.6. The molecule has 0 unspecified atom stereocenters. The van der Waals surface area contributed by atoms with Crippen molar-refractivity contribution in [2.45, 2.75) is 37.1 Å². The maximum absolute atomic E-state index is 13.3. The van der Waals surface area contributed by atoms with Gasteiger partial charge in [-0.3, -0.25) is 0 Å². The Morgan fingerprint density at radius 2 is 1.56 bits per heavy atom. The molecule has 0 aromatic heterocycles. The van der Waals surface area contributed by atoms with E-state index in [0.717, 1.165) is 12.1 Å². The molecule has 3 N–H and O–H groups in total. The summed E-state index contributed by atoms with van der Waals surface area (Å²) in [7, 11) is 0. The van der Waals surface area contributed by atoms with Crippen LogP contribution in [0.3, 0.4) is 0 Å². The number of aliphatic hydroxyl groups excluding tert-OH is 1. The van der Waals surface area contributed by atoms with Gasteiger partial charge in [0.2, 0.25) is 0 Å². The summed E-state index contributed by atoms with van der Waals surface area (Å²) in [5, 5.41) is 16.0. The van der Waals surface area contributed by atoms with E-state index in [1.807, 2.05) is 0 Å². The molecule has 0 bridgehead atoms. The topological polar surface area (TPSA) is 53.5 Å². The number of halogens is 7. The highest BCUT2D eigenvalue weighted by molar-refractivity contribution is 5.35. The van der Waals surface area contributed by atoms with E-state index in [9.17, 15) is 35.8 Å². The zero-order valence-corrected chi connectivity index (χ0v) is 16.6. The third-order valence-corrected chi connectivity index (χ3v) is 5.15. The van der Waals surface area contributed by atoms with Crippen molar-refractivity contribution in [2.24, 2.45) is 0 Å². The van der Waals surface area contributed by atoms with Gasteiger partial charge in [0.15, 0.2) is 6.23 Å². The number of hydrogen-bond acceptors (Lipinski definition) is 4. The Kier molecular flexibility index (Phi) is 6.18. The highest BCUT2D eigenvalue weighted by atomic mass is 19.4. The summed E-state index contributed by atoms with van der Waals surface area (Å²) in [5.74, 6) is -0.336. The lowest BCUT2D eigenvalue weighted by Gasteiger charge is -2.33. The van der Waals surface area contributed by atoms with Crippen LogP contribution in [-0.4, -0.2) is 17.9 Å². The fourth-order valence-corrected chi connectivity index (χ4v) is 3.40. The van der Waals surface area contributed by atoms with Crippen LogP contribution in [0.5, 0.6) is 0 Å². The van der Waals surface area contributed by atoms with Crippen molar-refractivity contribution < 1.29 is 40.6 Å². The van der Waals surface area contributed by atoms with E-state index in [4.69, 9.17) is 4.74 Å². The first kappa shape index (κ1) is 23.9. The van der Waals surface area contributed by atoms with Gasteiger partial charge in [-0.05, 0) is 48.4 Å². The Hall–Kier alpha value is -2.79. The van der Waals surface area contributed by atoms with E-state index in [1.165, 1.54) is 19.1 Å². The third kappa shape index (κ3) is 4.83. The third-order valence-electron chi connectivity index (χ3n) is 5.15. The number of alkyl halides is 6. The van der Waals surface area contributed by atoms with Crippen molar-refractivity contribution in [3.8, 4) is 0 Å². The Labute approximate surface area is 178 Å². The number of benzene rings is 2. The quantitative estimate of drug-likeness (QED) is 0.556. The summed E-state index contributed by atoms with van der Waals surface area (Å²) in [4.78, 5) is 0. The van der Waals surface area contributed by atoms with Crippen LogP contribution in [0.4, 0.5) is 30.7 Å². The molecule has 4 nitrogen and oxygen atoms in total. The van der Waals surface area contributed by atoms with Crippen molar-refractivity contribution in [1.82, 2.24) is 10.6 Å². The summed E-state index contributed by atoms with van der Waals surface area (Å²) in [6.07, 6.45) is -12.5. The molecule has 1 saturated heterocycles. The van der Waals surface area contributed by atoms with Crippen LogP contribution < -0.4 is 10.6 Å². The normalized spacial score (nSPS) is 22.4. The fraction of sp³-hybridized carbons (Fsp3) is 0.333. The summed E-state index contributed by atoms with van der Waals surface area (Å²) in [5.41, 5.74) is -4.31. The highest BCUT2D eigenvalue weighted by Gasteiger charge is 2.46. The molecule has 0 amide bonds. The molecule has 1 aliphatic heterocycles. The molecule has 0 saturated carbocycles. The molecule has 0 radical (unpaired) electrons. The van der Waals surface area contributed by atoms with Gasteiger partial charge in [0.1, 0.15) is 11.4 Å². The smallest absolute Gasteiger partial charge is 0.371 e. The summed E-state index contributed by atoms with van der Waals surface area (Å²) < 4.78 is 97.8. The average molecular weight is 464 g/mol. The predicted octanol–water partition coefficient (Wildman–Crippen LogP) is 4.82. The van der Waals surface area contributed by atoms with Gasteiger partial charge < -0.3 is 20.5 Å². The van der Waals surface area contributed by atoms with Crippen LogP contribution in [0, 0.1) is 5.82 Å². The maximum Gasteiger partial charge on any atom is 0.416 e. The van der Waals surface area contributed by atoms with Crippen molar-refractivity contribution in [3.63, 3.8) is 0 Å². The minimum absolute atomic E-state index is 0.0341. The van der Waals surface area contributed by atoms with Gasteiger partial charge >= 0.3 is 12.4 Å². The second-order valence-corrected chi connectivity index (χ2v) is 7.42. The predicted molar refractivity (Wildman–Crippen MR) is 100 cm³/mol. The largest absolute Gasteiger partial charge is 0.416 e. The van der Waals surface area contributed by atoms with Crippen LogP contribution in [0.15, 0.2) is 54.9 Å². The summed E-state index contributed by atoms with van der Waals surface area (Å²) in [6.45, 7) is 4.55. The number of nitrogens with one attached hydrogen (secondary N) is 2. The van der Waals surface area contributed by atoms with Gasteiger partial charge in [-0.2, -0.15) is 26.3 Å². The molecule has 2 aromatic rings. The molecular weight excluding hydrogens is 445 g/mol. The van der Waals surface area contributed by atoms with E-state index in [0.29, 0.717) is 17.7 Å². The molecular formula is C21H19F7N2O2. The maximum atomic E-state index is 13.3.